The van der Waals surface area contributed by atoms with Gasteiger partial charge in [0, 0.05) is 25.4 Å². The molecule has 1 spiro atoms. The summed E-state index contributed by atoms with van der Waals surface area (Å²) in [6.45, 7) is 3.18. The van der Waals surface area contributed by atoms with Crippen LogP contribution in [-0.4, -0.2) is 56.9 Å². The summed E-state index contributed by atoms with van der Waals surface area (Å²) in [4.78, 5) is 20.9. The molecule has 8 nitrogen and oxygen atoms in total. The number of pyridine rings is 1. The maximum absolute atomic E-state index is 13.5. The number of piperidine rings is 1. The number of carbonyl (C=O) groups excluding carboxylic acids is 1. The molecule has 198 valence electrons. The Morgan fingerprint density at radius 1 is 1.03 bits per heavy atom. The van der Waals surface area contributed by atoms with E-state index in [9.17, 15) is 13.2 Å². The van der Waals surface area contributed by atoms with Crippen molar-refractivity contribution >= 4 is 33.1 Å². The quantitative estimate of drug-likeness (QED) is 0.545. The molecule has 37 heavy (non-hydrogen) atoms. The second-order valence-electron chi connectivity index (χ2n) is 11.2. The van der Waals surface area contributed by atoms with Crippen LogP contribution in [0.1, 0.15) is 68.1 Å². The Bertz CT molecular complexity index is 1250. The molecule has 2 aliphatic carbocycles. The van der Waals surface area contributed by atoms with Gasteiger partial charge in [-0.1, -0.05) is 18.9 Å². The van der Waals surface area contributed by atoms with Crippen molar-refractivity contribution in [1.82, 2.24) is 4.98 Å². The van der Waals surface area contributed by atoms with Crippen LogP contribution in [0.4, 0.5) is 17.3 Å². The Kier molecular flexibility index (Phi) is 6.61. The molecular formula is C28H36N4O4S. The van der Waals surface area contributed by atoms with Crippen LogP contribution in [0.15, 0.2) is 41.3 Å². The summed E-state index contributed by atoms with van der Waals surface area (Å²) in [5, 5.41) is 6.08. The van der Waals surface area contributed by atoms with E-state index in [2.05, 4.69) is 15.5 Å². The van der Waals surface area contributed by atoms with Crippen molar-refractivity contribution in [2.24, 2.45) is 5.41 Å². The molecule has 0 radical (unpaired) electrons. The summed E-state index contributed by atoms with van der Waals surface area (Å²) < 4.78 is 31.7. The molecule has 2 saturated carbocycles. The fourth-order valence-electron chi connectivity index (χ4n) is 6.01. The van der Waals surface area contributed by atoms with Crippen LogP contribution in [0.2, 0.25) is 0 Å². The van der Waals surface area contributed by atoms with Gasteiger partial charge in [-0.3, -0.25) is 4.79 Å². The number of sulfone groups is 1. The number of hydrogen-bond acceptors (Lipinski definition) is 7. The number of ether oxygens (including phenoxy) is 1. The van der Waals surface area contributed by atoms with Crippen LogP contribution < -0.4 is 15.5 Å². The Morgan fingerprint density at radius 3 is 2.51 bits per heavy atom. The van der Waals surface area contributed by atoms with E-state index in [4.69, 9.17) is 9.72 Å². The summed E-state index contributed by atoms with van der Waals surface area (Å²) in [6, 6.07) is 10.6. The SMILES string of the molecule is O=C(Nc1cccc(S(=O)(=O)C2CCCC2)c1)c1ccc(N[C@@H]2CCOC2)nc1N1CCC2(CC1)CC2. The van der Waals surface area contributed by atoms with E-state index < -0.39 is 9.84 Å². The fourth-order valence-corrected chi connectivity index (χ4v) is 7.91. The summed E-state index contributed by atoms with van der Waals surface area (Å²) in [5.41, 5.74) is 1.50. The zero-order valence-corrected chi connectivity index (χ0v) is 22.1. The van der Waals surface area contributed by atoms with Crippen LogP contribution in [0.3, 0.4) is 0 Å². The molecule has 2 N–H and O–H groups in total. The topological polar surface area (TPSA) is 101 Å². The lowest BCUT2D eigenvalue weighted by Gasteiger charge is -2.34. The molecule has 6 rings (SSSR count). The van der Waals surface area contributed by atoms with Crippen molar-refractivity contribution in [3.63, 3.8) is 0 Å². The van der Waals surface area contributed by atoms with Crippen molar-refractivity contribution in [2.45, 2.75) is 74.0 Å². The number of amides is 1. The Morgan fingerprint density at radius 2 is 1.81 bits per heavy atom. The standard InChI is InChI=1S/C28H36N4O4S/c33-27(30-20-4-3-7-23(18-20)37(34,35)22-5-1-2-6-22)24-8-9-25(29-21-10-17-36-19-21)31-26(24)32-15-13-28(11-12-28)14-16-32/h3-4,7-9,18,21-22H,1-2,5-6,10-17,19H2,(H,29,31)(H,30,33)/t21-/m1/s1. The number of nitrogens with zero attached hydrogens (tertiary/aromatic N) is 2. The molecule has 2 aromatic rings. The molecule has 9 heteroatoms. The van der Waals surface area contributed by atoms with E-state index in [1.54, 1.807) is 24.3 Å². The Hall–Kier alpha value is -2.65. The monoisotopic (exact) mass is 524 g/mol. The zero-order chi connectivity index (χ0) is 25.5. The van der Waals surface area contributed by atoms with Gasteiger partial charge < -0.3 is 20.3 Å². The number of anilines is 3. The average Bonchev–Trinajstić information content (AvgIpc) is 3.30. The number of hydrogen-bond donors (Lipinski definition) is 2. The second kappa shape index (κ2) is 9.91. The number of aromatic nitrogens is 1. The second-order valence-corrected chi connectivity index (χ2v) is 13.4. The van der Waals surface area contributed by atoms with Gasteiger partial charge in [0.25, 0.3) is 5.91 Å². The predicted molar refractivity (Wildman–Crippen MR) is 144 cm³/mol. The number of carbonyl (C=O) groups is 1. The minimum absolute atomic E-state index is 0.223. The van der Waals surface area contributed by atoms with E-state index in [-0.39, 0.29) is 22.1 Å². The van der Waals surface area contributed by atoms with Crippen molar-refractivity contribution in [2.75, 3.05) is 41.8 Å². The van der Waals surface area contributed by atoms with Gasteiger partial charge in [0.15, 0.2) is 9.84 Å². The Balaban J connectivity index is 1.24. The van der Waals surface area contributed by atoms with Gasteiger partial charge in [0.1, 0.15) is 11.6 Å². The van der Waals surface area contributed by atoms with Crippen LogP contribution in [0.25, 0.3) is 0 Å². The summed E-state index contributed by atoms with van der Waals surface area (Å²) in [5.74, 6) is 1.16. The molecule has 1 aromatic heterocycles. The van der Waals surface area contributed by atoms with Crippen LogP contribution in [0, 0.1) is 5.41 Å². The van der Waals surface area contributed by atoms with Crippen molar-refractivity contribution in [3.8, 4) is 0 Å². The van der Waals surface area contributed by atoms with Crippen LogP contribution in [0.5, 0.6) is 0 Å². The molecule has 1 amide bonds. The normalized spacial score (nSPS) is 23.4. The van der Waals surface area contributed by atoms with E-state index in [1.165, 1.54) is 12.8 Å². The molecule has 3 heterocycles. The molecule has 0 unspecified atom stereocenters. The van der Waals surface area contributed by atoms with E-state index in [0.29, 0.717) is 41.9 Å². The third-order valence-corrected chi connectivity index (χ3v) is 10.9. The first-order valence-electron chi connectivity index (χ1n) is 13.7. The van der Waals surface area contributed by atoms with Crippen molar-refractivity contribution in [1.29, 1.82) is 0 Å². The predicted octanol–water partition coefficient (Wildman–Crippen LogP) is 4.63. The minimum atomic E-state index is -3.40. The maximum atomic E-state index is 13.5. The van der Waals surface area contributed by atoms with Gasteiger partial charge >= 0.3 is 0 Å². The first-order chi connectivity index (χ1) is 17.9. The summed E-state index contributed by atoms with van der Waals surface area (Å²) in [7, 11) is -3.40. The molecule has 0 bridgehead atoms. The molecule has 4 aliphatic rings. The van der Waals surface area contributed by atoms with Gasteiger partial charge in [0.2, 0.25) is 0 Å². The van der Waals surface area contributed by atoms with Crippen molar-refractivity contribution in [3.05, 3.63) is 42.0 Å². The summed E-state index contributed by atoms with van der Waals surface area (Å²) >= 11 is 0. The third kappa shape index (κ3) is 5.21. The lowest BCUT2D eigenvalue weighted by Crippen LogP contribution is -2.36. The lowest BCUT2D eigenvalue weighted by molar-refractivity contribution is 0.102. The third-order valence-electron chi connectivity index (χ3n) is 8.64. The van der Waals surface area contributed by atoms with Gasteiger partial charge in [-0.05, 0) is 80.7 Å². The van der Waals surface area contributed by atoms with E-state index in [1.807, 2.05) is 12.1 Å². The number of benzene rings is 1. The Labute approximate surface area is 219 Å². The molecule has 1 atom stereocenters. The molecule has 2 saturated heterocycles. The minimum Gasteiger partial charge on any atom is -0.379 e. The number of rotatable bonds is 7. The molecule has 1 aromatic carbocycles. The first kappa shape index (κ1) is 24.7. The molecular weight excluding hydrogens is 488 g/mol. The number of nitrogens with one attached hydrogen (secondary N) is 2. The fraction of sp³-hybridized carbons (Fsp3) is 0.571. The zero-order valence-electron chi connectivity index (χ0n) is 21.2. The highest BCUT2D eigenvalue weighted by atomic mass is 32.2. The first-order valence-corrected chi connectivity index (χ1v) is 15.2. The van der Waals surface area contributed by atoms with Gasteiger partial charge in [-0.25, -0.2) is 13.4 Å². The summed E-state index contributed by atoms with van der Waals surface area (Å²) in [6.07, 6.45) is 9.13. The van der Waals surface area contributed by atoms with Gasteiger partial charge in [0.05, 0.1) is 28.4 Å². The highest BCUT2D eigenvalue weighted by molar-refractivity contribution is 7.92. The molecule has 4 fully saturated rings. The van der Waals surface area contributed by atoms with Crippen LogP contribution >= 0.6 is 0 Å². The van der Waals surface area contributed by atoms with E-state index >= 15 is 0 Å². The highest BCUT2D eigenvalue weighted by Gasteiger charge is 2.45. The smallest absolute Gasteiger partial charge is 0.259 e. The van der Waals surface area contributed by atoms with Crippen LogP contribution in [-0.2, 0) is 14.6 Å². The average molecular weight is 525 g/mol. The highest BCUT2D eigenvalue weighted by Crippen LogP contribution is 2.54. The molecule has 2 aliphatic heterocycles. The maximum Gasteiger partial charge on any atom is 0.259 e. The largest absolute Gasteiger partial charge is 0.379 e. The van der Waals surface area contributed by atoms with E-state index in [0.717, 1.165) is 57.6 Å². The van der Waals surface area contributed by atoms with Gasteiger partial charge in [-0.2, -0.15) is 0 Å². The van der Waals surface area contributed by atoms with Gasteiger partial charge in [-0.15, -0.1) is 0 Å². The lowest BCUT2D eigenvalue weighted by atomic mass is 9.93. The van der Waals surface area contributed by atoms with Crippen molar-refractivity contribution < 1.29 is 17.9 Å².